The van der Waals surface area contributed by atoms with Gasteiger partial charge in [-0.3, -0.25) is 0 Å². The van der Waals surface area contributed by atoms with Gasteiger partial charge in [0.25, 0.3) is 0 Å². The van der Waals surface area contributed by atoms with E-state index >= 15 is 0 Å². The summed E-state index contributed by atoms with van der Waals surface area (Å²) in [4.78, 5) is 0. The summed E-state index contributed by atoms with van der Waals surface area (Å²) in [5, 5.41) is 28.0. The summed E-state index contributed by atoms with van der Waals surface area (Å²) in [5.74, 6) is 0. The van der Waals surface area contributed by atoms with Gasteiger partial charge >= 0.3 is 0 Å². The maximum absolute atomic E-state index is 9.51. The van der Waals surface area contributed by atoms with Crippen molar-refractivity contribution in [3.8, 4) is 0 Å². The second-order valence-corrected chi connectivity index (χ2v) is 4.48. The van der Waals surface area contributed by atoms with Gasteiger partial charge in [0, 0.05) is 0 Å². The number of hydrogen-bond donors (Lipinski definition) is 3. The summed E-state index contributed by atoms with van der Waals surface area (Å²) in [6.45, 7) is 5.43. The van der Waals surface area contributed by atoms with Gasteiger partial charge in [0.1, 0.15) is 18.3 Å². The molecular formula is C9H18O5. The standard InChI is InChI=1S/C9H18O5/c1-9(2,3)14-8-7(12)6(11)5(10)4-13-8/h5-8,10-12H,4H2,1-3H3/t5-,6?,7?,8+/m0/s1. The fraction of sp³-hybridized carbons (Fsp3) is 1.00. The van der Waals surface area contributed by atoms with Crippen LogP contribution in [0.3, 0.4) is 0 Å². The Morgan fingerprint density at radius 1 is 1.14 bits per heavy atom. The minimum Gasteiger partial charge on any atom is -0.388 e. The lowest BCUT2D eigenvalue weighted by molar-refractivity contribution is -0.294. The molecule has 1 rings (SSSR count). The molecule has 3 N–H and O–H groups in total. The predicted molar refractivity (Wildman–Crippen MR) is 48.6 cm³/mol. The molecule has 5 heteroatoms. The molecule has 0 radical (unpaired) electrons. The average Bonchev–Trinajstić information content (AvgIpc) is 2.04. The van der Waals surface area contributed by atoms with Gasteiger partial charge in [0.15, 0.2) is 6.29 Å². The normalized spacial score (nSPS) is 39.9. The van der Waals surface area contributed by atoms with E-state index in [0.29, 0.717) is 0 Å². The molecule has 1 saturated heterocycles. The third kappa shape index (κ3) is 2.90. The van der Waals surface area contributed by atoms with Crippen LogP contribution in [-0.4, -0.2) is 52.1 Å². The first-order valence-electron chi connectivity index (χ1n) is 4.65. The number of rotatable bonds is 1. The maximum atomic E-state index is 9.51. The summed E-state index contributed by atoms with van der Waals surface area (Å²) >= 11 is 0. The summed E-state index contributed by atoms with van der Waals surface area (Å²) in [6.07, 6.45) is -4.35. The molecule has 0 aliphatic carbocycles. The van der Waals surface area contributed by atoms with Crippen LogP contribution in [-0.2, 0) is 9.47 Å². The fourth-order valence-electron chi connectivity index (χ4n) is 1.23. The second-order valence-electron chi connectivity index (χ2n) is 4.48. The lowest BCUT2D eigenvalue weighted by Crippen LogP contribution is -2.55. The van der Waals surface area contributed by atoms with Gasteiger partial charge in [-0.1, -0.05) is 0 Å². The quantitative estimate of drug-likeness (QED) is 0.525. The van der Waals surface area contributed by atoms with Crippen molar-refractivity contribution in [2.24, 2.45) is 0 Å². The van der Waals surface area contributed by atoms with Crippen molar-refractivity contribution >= 4 is 0 Å². The van der Waals surface area contributed by atoms with Crippen molar-refractivity contribution in [1.29, 1.82) is 0 Å². The molecule has 0 aromatic rings. The van der Waals surface area contributed by atoms with Crippen molar-refractivity contribution < 1.29 is 24.8 Å². The van der Waals surface area contributed by atoms with E-state index in [1.165, 1.54) is 0 Å². The van der Waals surface area contributed by atoms with Crippen molar-refractivity contribution in [3.63, 3.8) is 0 Å². The molecular weight excluding hydrogens is 188 g/mol. The van der Waals surface area contributed by atoms with E-state index in [-0.39, 0.29) is 6.61 Å². The monoisotopic (exact) mass is 206 g/mol. The van der Waals surface area contributed by atoms with Gasteiger partial charge in [-0.25, -0.2) is 0 Å². The van der Waals surface area contributed by atoms with E-state index in [0.717, 1.165) is 0 Å². The van der Waals surface area contributed by atoms with Crippen molar-refractivity contribution in [2.45, 2.75) is 51.0 Å². The zero-order chi connectivity index (χ0) is 10.9. The van der Waals surface area contributed by atoms with Crippen LogP contribution in [0.25, 0.3) is 0 Å². The van der Waals surface area contributed by atoms with Crippen LogP contribution in [0.1, 0.15) is 20.8 Å². The molecule has 0 aromatic carbocycles. The third-order valence-electron chi connectivity index (χ3n) is 1.92. The van der Waals surface area contributed by atoms with E-state index in [9.17, 15) is 15.3 Å². The molecule has 0 amide bonds. The van der Waals surface area contributed by atoms with Crippen LogP contribution in [0.2, 0.25) is 0 Å². The molecule has 0 aromatic heterocycles. The molecule has 14 heavy (non-hydrogen) atoms. The minimum absolute atomic E-state index is 0.0288. The Hall–Kier alpha value is -0.200. The SMILES string of the molecule is CC(C)(C)O[C@H]1OC[C@H](O)C(O)C1O. The van der Waals surface area contributed by atoms with Crippen molar-refractivity contribution in [2.75, 3.05) is 6.61 Å². The highest BCUT2D eigenvalue weighted by molar-refractivity contribution is 4.83. The number of hydrogen-bond acceptors (Lipinski definition) is 5. The highest BCUT2D eigenvalue weighted by atomic mass is 16.7. The molecule has 1 aliphatic heterocycles. The van der Waals surface area contributed by atoms with Gasteiger partial charge in [-0.15, -0.1) is 0 Å². The lowest BCUT2D eigenvalue weighted by Gasteiger charge is -2.38. The van der Waals surface area contributed by atoms with E-state index in [1.54, 1.807) is 0 Å². The highest BCUT2D eigenvalue weighted by Gasteiger charge is 2.39. The predicted octanol–water partition coefficient (Wildman–Crippen LogP) is -0.760. The van der Waals surface area contributed by atoms with Crippen LogP contribution in [0.15, 0.2) is 0 Å². The highest BCUT2D eigenvalue weighted by Crippen LogP contribution is 2.21. The Kier molecular flexibility index (Phi) is 3.49. The summed E-state index contributed by atoms with van der Waals surface area (Å²) in [7, 11) is 0. The Morgan fingerprint density at radius 3 is 2.21 bits per heavy atom. The zero-order valence-electron chi connectivity index (χ0n) is 8.67. The summed E-state index contributed by atoms with van der Waals surface area (Å²) < 4.78 is 10.4. The van der Waals surface area contributed by atoms with Gasteiger partial charge in [0.05, 0.1) is 12.2 Å². The average molecular weight is 206 g/mol. The van der Waals surface area contributed by atoms with E-state index in [1.807, 2.05) is 20.8 Å². The molecule has 1 heterocycles. The second kappa shape index (κ2) is 4.12. The molecule has 1 aliphatic rings. The fourth-order valence-corrected chi connectivity index (χ4v) is 1.23. The van der Waals surface area contributed by atoms with Crippen LogP contribution in [0, 0.1) is 0 Å². The molecule has 0 spiro atoms. The smallest absolute Gasteiger partial charge is 0.186 e. The molecule has 0 bridgehead atoms. The Morgan fingerprint density at radius 2 is 1.71 bits per heavy atom. The molecule has 4 atom stereocenters. The van der Waals surface area contributed by atoms with Crippen molar-refractivity contribution in [3.05, 3.63) is 0 Å². The van der Waals surface area contributed by atoms with Gasteiger partial charge < -0.3 is 24.8 Å². The topological polar surface area (TPSA) is 79.2 Å². The zero-order valence-corrected chi connectivity index (χ0v) is 8.67. The van der Waals surface area contributed by atoms with Crippen LogP contribution in [0.5, 0.6) is 0 Å². The van der Waals surface area contributed by atoms with Gasteiger partial charge in [-0.05, 0) is 20.8 Å². The van der Waals surface area contributed by atoms with Crippen LogP contribution < -0.4 is 0 Å². The molecule has 84 valence electrons. The van der Waals surface area contributed by atoms with Gasteiger partial charge in [0.2, 0.25) is 0 Å². The van der Waals surface area contributed by atoms with Crippen LogP contribution >= 0.6 is 0 Å². The first kappa shape index (κ1) is 11.9. The van der Waals surface area contributed by atoms with E-state index in [2.05, 4.69) is 0 Å². The lowest BCUT2D eigenvalue weighted by atomic mass is 10.1. The van der Waals surface area contributed by atoms with Crippen LogP contribution in [0.4, 0.5) is 0 Å². The molecule has 0 saturated carbocycles. The maximum Gasteiger partial charge on any atom is 0.186 e. The minimum atomic E-state index is -1.21. The summed E-state index contributed by atoms with van der Waals surface area (Å²) in [5.41, 5.74) is -0.465. The molecule has 1 fully saturated rings. The van der Waals surface area contributed by atoms with E-state index < -0.39 is 30.2 Å². The Labute approximate surface area is 83.3 Å². The molecule has 5 nitrogen and oxygen atoms in total. The van der Waals surface area contributed by atoms with Crippen molar-refractivity contribution in [1.82, 2.24) is 0 Å². The number of ether oxygens (including phenoxy) is 2. The largest absolute Gasteiger partial charge is 0.388 e. The number of aliphatic hydroxyl groups excluding tert-OH is 3. The third-order valence-corrected chi connectivity index (χ3v) is 1.92. The Balaban J connectivity index is 2.55. The summed E-state index contributed by atoms with van der Waals surface area (Å²) in [6, 6.07) is 0. The molecule has 2 unspecified atom stereocenters. The first-order chi connectivity index (χ1) is 6.31. The van der Waals surface area contributed by atoms with Gasteiger partial charge in [-0.2, -0.15) is 0 Å². The Bertz CT molecular complexity index is 188. The van der Waals surface area contributed by atoms with E-state index in [4.69, 9.17) is 9.47 Å². The first-order valence-corrected chi connectivity index (χ1v) is 4.65. The number of aliphatic hydroxyl groups is 3.